The van der Waals surface area contributed by atoms with Gasteiger partial charge in [0, 0.05) is 5.56 Å². The molecule has 2 aromatic rings. The number of phenolic OH excluding ortho intramolecular Hbond substituents is 1. The highest BCUT2D eigenvalue weighted by Gasteiger charge is 2.09. The lowest BCUT2D eigenvalue weighted by Crippen LogP contribution is -2.02. The van der Waals surface area contributed by atoms with E-state index >= 15 is 0 Å². The number of ketones is 1. The Morgan fingerprint density at radius 1 is 1.25 bits per heavy atom. The van der Waals surface area contributed by atoms with Gasteiger partial charge < -0.3 is 14.6 Å². The van der Waals surface area contributed by atoms with Crippen LogP contribution >= 0.6 is 15.9 Å². The highest BCUT2D eigenvalue weighted by atomic mass is 79.9. The zero-order chi connectivity index (χ0) is 17.7. The lowest BCUT2D eigenvalue weighted by atomic mass is 10.1. The molecule has 7 heteroatoms. The molecular formula is C17H13BrF2O4. The second kappa shape index (κ2) is 7.92. The van der Waals surface area contributed by atoms with E-state index in [4.69, 9.17) is 4.74 Å². The summed E-state index contributed by atoms with van der Waals surface area (Å²) in [7, 11) is 1.42. The quantitative estimate of drug-likeness (QED) is 0.567. The maximum absolute atomic E-state index is 12.1. The van der Waals surface area contributed by atoms with Crippen LogP contribution in [0.15, 0.2) is 46.9 Å². The van der Waals surface area contributed by atoms with Crippen molar-refractivity contribution < 1.29 is 28.2 Å². The molecule has 1 N–H and O–H groups in total. The molecule has 2 rings (SSSR count). The first-order chi connectivity index (χ1) is 11.4. The van der Waals surface area contributed by atoms with Gasteiger partial charge in [0.25, 0.3) is 0 Å². The van der Waals surface area contributed by atoms with Gasteiger partial charge >= 0.3 is 6.61 Å². The molecule has 0 radical (unpaired) electrons. The number of aromatic hydroxyl groups is 1. The van der Waals surface area contributed by atoms with Crippen LogP contribution in [0.5, 0.6) is 17.2 Å². The second-order valence-corrected chi connectivity index (χ2v) is 5.51. The minimum absolute atomic E-state index is 0.0160. The van der Waals surface area contributed by atoms with E-state index in [-0.39, 0.29) is 23.0 Å². The predicted octanol–water partition coefficient (Wildman–Crippen LogP) is 4.66. The van der Waals surface area contributed by atoms with E-state index in [2.05, 4.69) is 20.7 Å². The molecule has 0 aromatic heterocycles. The van der Waals surface area contributed by atoms with E-state index in [0.29, 0.717) is 15.6 Å². The molecule has 2 aromatic carbocycles. The molecule has 0 saturated heterocycles. The molecule has 0 aliphatic carbocycles. The molecule has 126 valence electrons. The lowest BCUT2D eigenvalue weighted by Gasteiger charge is -2.06. The molecule has 0 saturated carbocycles. The number of alkyl halides is 2. The molecule has 4 nitrogen and oxygen atoms in total. The standard InChI is InChI=1S/C17H13BrF2O4/c1-23-15-9-10(8-13(18)16(15)22)2-7-14(21)11-3-5-12(6-4-11)24-17(19)20/h2-9,17,22H,1H3/b7-2+. The van der Waals surface area contributed by atoms with Crippen molar-refractivity contribution in [2.45, 2.75) is 6.61 Å². The first kappa shape index (κ1) is 17.9. The van der Waals surface area contributed by atoms with Crippen LogP contribution in [0.1, 0.15) is 15.9 Å². The summed E-state index contributed by atoms with van der Waals surface area (Å²) in [5.74, 6) is -0.0833. The minimum atomic E-state index is -2.91. The lowest BCUT2D eigenvalue weighted by molar-refractivity contribution is -0.0498. The number of ether oxygens (including phenoxy) is 2. The Bertz CT molecular complexity index is 758. The molecule has 0 atom stereocenters. The number of methoxy groups -OCH3 is 1. The van der Waals surface area contributed by atoms with Gasteiger partial charge in [-0.15, -0.1) is 0 Å². The third kappa shape index (κ3) is 4.55. The summed E-state index contributed by atoms with van der Waals surface area (Å²) in [4.78, 5) is 12.1. The summed E-state index contributed by atoms with van der Waals surface area (Å²) in [6, 6.07) is 8.60. The van der Waals surface area contributed by atoms with Crippen LogP contribution in [0.4, 0.5) is 8.78 Å². The number of hydrogen-bond acceptors (Lipinski definition) is 4. The second-order valence-electron chi connectivity index (χ2n) is 4.65. The molecular weight excluding hydrogens is 386 g/mol. The van der Waals surface area contributed by atoms with Crippen molar-refractivity contribution in [3.05, 3.63) is 58.1 Å². The Hall–Kier alpha value is -2.41. The number of allylic oxidation sites excluding steroid dienone is 1. The highest BCUT2D eigenvalue weighted by Crippen LogP contribution is 2.35. The Morgan fingerprint density at radius 3 is 2.50 bits per heavy atom. The fourth-order valence-corrected chi connectivity index (χ4v) is 2.37. The summed E-state index contributed by atoms with van der Waals surface area (Å²) < 4.78 is 33.8. The molecule has 0 aliphatic rings. The van der Waals surface area contributed by atoms with Crippen molar-refractivity contribution in [3.63, 3.8) is 0 Å². The van der Waals surface area contributed by atoms with Gasteiger partial charge in [-0.25, -0.2) is 0 Å². The van der Waals surface area contributed by atoms with E-state index in [1.807, 2.05) is 0 Å². The van der Waals surface area contributed by atoms with E-state index in [0.717, 1.165) is 0 Å². The number of hydrogen-bond donors (Lipinski definition) is 1. The number of benzene rings is 2. The minimum Gasteiger partial charge on any atom is -0.503 e. The predicted molar refractivity (Wildman–Crippen MR) is 88.8 cm³/mol. The molecule has 24 heavy (non-hydrogen) atoms. The van der Waals surface area contributed by atoms with Crippen LogP contribution in [0.2, 0.25) is 0 Å². The van der Waals surface area contributed by atoms with Crippen molar-refractivity contribution in [1.29, 1.82) is 0 Å². The number of rotatable bonds is 6. The van der Waals surface area contributed by atoms with Crippen LogP contribution < -0.4 is 9.47 Å². The van der Waals surface area contributed by atoms with Crippen molar-refractivity contribution >= 4 is 27.8 Å². The first-order valence-electron chi connectivity index (χ1n) is 6.74. The number of carbonyl (C=O) groups excluding carboxylic acids is 1. The fourth-order valence-electron chi connectivity index (χ4n) is 1.91. The highest BCUT2D eigenvalue weighted by molar-refractivity contribution is 9.10. The third-order valence-corrected chi connectivity index (χ3v) is 3.67. The fraction of sp³-hybridized carbons (Fsp3) is 0.118. The first-order valence-corrected chi connectivity index (χ1v) is 7.54. The average Bonchev–Trinajstić information content (AvgIpc) is 2.55. The third-order valence-electron chi connectivity index (χ3n) is 3.06. The van der Waals surface area contributed by atoms with Crippen LogP contribution in [-0.4, -0.2) is 24.6 Å². The summed E-state index contributed by atoms with van der Waals surface area (Å²) in [5.41, 5.74) is 0.972. The van der Waals surface area contributed by atoms with Gasteiger partial charge in [-0.1, -0.05) is 6.08 Å². The normalized spacial score (nSPS) is 11.0. The van der Waals surface area contributed by atoms with Crippen molar-refractivity contribution in [3.8, 4) is 17.2 Å². The van der Waals surface area contributed by atoms with Gasteiger partial charge in [-0.05, 0) is 64.0 Å². The molecule has 0 unspecified atom stereocenters. The Kier molecular flexibility index (Phi) is 5.92. The van der Waals surface area contributed by atoms with Gasteiger partial charge in [0.15, 0.2) is 17.3 Å². The van der Waals surface area contributed by atoms with Crippen LogP contribution in [0.3, 0.4) is 0 Å². The molecule has 0 spiro atoms. The van der Waals surface area contributed by atoms with E-state index in [9.17, 15) is 18.7 Å². The van der Waals surface area contributed by atoms with Gasteiger partial charge in [-0.2, -0.15) is 8.78 Å². The topological polar surface area (TPSA) is 55.8 Å². The van der Waals surface area contributed by atoms with Crippen molar-refractivity contribution in [2.75, 3.05) is 7.11 Å². The summed E-state index contributed by atoms with van der Waals surface area (Å²) >= 11 is 3.19. The summed E-state index contributed by atoms with van der Waals surface area (Å²) in [6.07, 6.45) is 2.89. The summed E-state index contributed by atoms with van der Waals surface area (Å²) in [5, 5.41) is 9.74. The Labute approximate surface area is 145 Å². The summed E-state index contributed by atoms with van der Waals surface area (Å²) in [6.45, 7) is -2.91. The van der Waals surface area contributed by atoms with Gasteiger partial charge in [-0.3, -0.25) is 4.79 Å². The Balaban J connectivity index is 2.14. The average molecular weight is 399 g/mol. The van der Waals surface area contributed by atoms with Gasteiger partial charge in [0.05, 0.1) is 11.6 Å². The van der Waals surface area contributed by atoms with Crippen LogP contribution in [0, 0.1) is 0 Å². The maximum Gasteiger partial charge on any atom is 0.387 e. The Morgan fingerprint density at radius 2 is 1.92 bits per heavy atom. The zero-order valence-corrected chi connectivity index (χ0v) is 14.1. The van der Waals surface area contributed by atoms with Gasteiger partial charge in [0.2, 0.25) is 0 Å². The van der Waals surface area contributed by atoms with Crippen LogP contribution in [0.25, 0.3) is 6.08 Å². The monoisotopic (exact) mass is 398 g/mol. The van der Waals surface area contributed by atoms with Crippen molar-refractivity contribution in [1.82, 2.24) is 0 Å². The molecule has 0 bridgehead atoms. The molecule has 0 aliphatic heterocycles. The van der Waals surface area contributed by atoms with E-state index in [1.165, 1.54) is 37.5 Å². The van der Waals surface area contributed by atoms with E-state index in [1.54, 1.807) is 18.2 Å². The zero-order valence-electron chi connectivity index (χ0n) is 12.5. The van der Waals surface area contributed by atoms with Crippen LogP contribution in [-0.2, 0) is 0 Å². The smallest absolute Gasteiger partial charge is 0.387 e. The molecule has 0 fully saturated rings. The number of carbonyl (C=O) groups is 1. The number of halogens is 3. The van der Waals surface area contributed by atoms with Crippen molar-refractivity contribution in [2.24, 2.45) is 0 Å². The largest absolute Gasteiger partial charge is 0.503 e. The SMILES string of the molecule is COc1cc(/C=C/C(=O)c2ccc(OC(F)F)cc2)cc(Br)c1O. The molecule has 0 amide bonds. The van der Waals surface area contributed by atoms with E-state index < -0.39 is 6.61 Å². The number of phenols is 1. The molecule has 0 heterocycles. The van der Waals surface area contributed by atoms with Gasteiger partial charge in [0.1, 0.15) is 5.75 Å². The maximum atomic E-state index is 12.1.